The number of benzene rings is 1. The van der Waals surface area contributed by atoms with Crippen LogP contribution in [0.1, 0.15) is 21.9 Å². The molecular formula is C20H18N6O3. The molecule has 1 amide bonds. The predicted octanol–water partition coefficient (Wildman–Crippen LogP) is 2.56. The van der Waals surface area contributed by atoms with E-state index >= 15 is 0 Å². The molecule has 0 aliphatic heterocycles. The van der Waals surface area contributed by atoms with Gasteiger partial charge in [0.15, 0.2) is 5.82 Å². The lowest BCUT2D eigenvalue weighted by Gasteiger charge is -2.08. The van der Waals surface area contributed by atoms with Crippen molar-refractivity contribution in [2.45, 2.75) is 13.5 Å². The minimum absolute atomic E-state index is 0.285. The van der Waals surface area contributed by atoms with Gasteiger partial charge in [-0.1, -0.05) is 23.4 Å². The number of imidazole rings is 1. The van der Waals surface area contributed by atoms with Gasteiger partial charge in [0.25, 0.3) is 11.8 Å². The Kier molecular flexibility index (Phi) is 5.02. The molecule has 0 aliphatic rings. The molecule has 0 fully saturated rings. The standard InChI is InChI=1S/C20H18N6O3/c1-13-24-20(29-25-13)15-7-8-18(21-10-15)26-11-16(23-12-26)19(27)22-9-14-5-3-4-6-17(14)28-2/h3-8,10-12H,9H2,1-2H3,(H,22,27). The topological polar surface area (TPSA) is 108 Å². The Morgan fingerprint density at radius 2 is 2.07 bits per heavy atom. The van der Waals surface area contributed by atoms with Crippen LogP contribution in [0.4, 0.5) is 0 Å². The summed E-state index contributed by atoms with van der Waals surface area (Å²) in [5.74, 6) is 2.01. The number of aromatic nitrogens is 5. The quantitative estimate of drug-likeness (QED) is 0.539. The van der Waals surface area contributed by atoms with Gasteiger partial charge in [-0.2, -0.15) is 4.98 Å². The summed E-state index contributed by atoms with van der Waals surface area (Å²) in [6.07, 6.45) is 4.79. The molecule has 1 N–H and O–H groups in total. The maximum absolute atomic E-state index is 12.4. The zero-order valence-electron chi connectivity index (χ0n) is 15.9. The average Bonchev–Trinajstić information content (AvgIpc) is 3.42. The minimum atomic E-state index is -0.285. The van der Waals surface area contributed by atoms with E-state index in [0.717, 1.165) is 11.3 Å². The van der Waals surface area contributed by atoms with Gasteiger partial charge in [0.1, 0.15) is 23.6 Å². The van der Waals surface area contributed by atoms with Crippen molar-refractivity contribution >= 4 is 5.91 Å². The number of rotatable bonds is 6. The molecule has 0 bridgehead atoms. The van der Waals surface area contributed by atoms with Crippen molar-refractivity contribution in [1.82, 2.24) is 30.0 Å². The zero-order chi connectivity index (χ0) is 20.2. The van der Waals surface area contributed by atoms with Crippen molar-refractivity contribution in [3.63, 3.8) is 0 Å². The van der Waals surface area contributed by atoms with Crippen LogP contribution in [0, 0.1) is 6.92 Å². The van der Waals surface area contributed by atoms with Gasteiger partial charge in [-0.15, -0.1) is 0 Å². The molecule has 0 saturated carbocycles. The van der Waals surface area contributed by atoms with E-state index < -0.39 is 0 Å². The van der Waals surface area contributed by atoms with E-state index in [2.05, 4.69) is 25.4 Å². The van der Waals surface area contributed by atoms with E-state index in [1.54, 1.807) is 37.1 Å². The summed E-state index contributed by atoms with van der Waals surface area (Å²) in [5, 5.41) is 6.61. The number of para-hydroxylation sites is 1. The molecular weight excluding hydrogens is 372 g/mol. The van der Waals surface area contributed by atoms with Gasteiger partial charge in [0.2, 0.25) is 0 Å². The Morgan fingerprint density at radius 3 is 2.79 bits per heavy atom. The highest BCUT2D eigenvalue weighted by Gasteiger charge is 2.12. The largest absolute Gasteiger partial charge is 0.496 e. The number of ether oxygens (including phenoxy) is 1. The lowest BCUT2D eigenvalue weighted by atomic mass is 10.2. The summed E-state index contributed by atoms with van der Waals surface area (Å²) in [4.78, 5) is 25.1. The summed E-state index contributed by atoms with van der Waals surface area (Å²) in [6.45, 7) is 2.09. The molecule has 0 radical (unpaired) electrons. The molecule has 4 aromatic rings. The maximum atomic E-state index is 12.4. The van der Waals surface area contributed by atoms with Crippen LogP contribution >= 0.6 is 0 Å². The SMILES string of the molecule is COc1ccccc1CNC(=O)c1cn(-c2ccc(-c3nc(C)no3)cn2)cn1. The summed E-state index contributed by atoms with van der Waals surface area (Å²) in [5.41, 5.74) is 1.89. The number of carbonyl (C=O) groups is 1. The normalized spacial score (nSPS) is 10.7. The molecule has 4 rings (SSSR count). The van der Waals surface area contributed by atoms with Gasteiger partial charge in [0.05, 0.1) is 12.7 Å². The summed E-state index contributed by atoms with van der Waals surface area (Å²) >= 11 is 0. The summed E-state index contributed by atoms with van der Waals surface area (Å²) in [7, 11) is 1.60. The fourth-order valence-electron chi connectivity index (χ4n) is 2.76. The molecule has 0 spiro atoms. The van der Waals surface area contributed by atoms with E-state index in [-0.39, 0.29) is 5.91 Å². The second kappa shape index (κ2) is 7.93. The molecule has 0 atom stereocenters. The monoisotopic (exact) mass is 390 g/mol. The van der Waals surface area contributed by atoms with Crippen LogP contribution in [0.25, 0.3) is 17.3 Å². The number of carbonyl (C=O) groups excluding carboxylic acids is 1. The minimum Gasteiger partial charge on any atom is -0.496 e. The van der Waals surface area contributed by atoms with Crippen LogP contribution in [-0.4, -0.2) is 37.7 Å². The number of pyridine rings is 1. The van der Waals surface area contributed by atoms with Crippen LogP contribution in [-0.2, 0) is 6.54 Å². The molecule has 1 aromatic carbocycles. The molecule has 3 heterocycles. The van der Waals surface area contributed by atoms with E-state index in [1.807, 2.05) is 30.3 Å². The first-order valence-corrected chi connectivity index (χ1v) is 8.85. The van der Waals surface area contributed by atoms with E-state index in [0.29, 0.717) is 35.3 Å². The van der Waals surface area contributed by atoms with Crippen molar-refractivity contribution < 1.29 is 14.1 Å². The first-order valence-electron chi connectivity index (χ1n) is 8.85. The van der Waals surface area contributed by atoms with Crippen LogP contribution in [0.5, 0.6) is 5.75 Å². The number of nitrogens with one attached hydrogen (secondary N) is 1. The fraction of sp³-hybridized carbons (Fsp3) is 0.150. The number of nitrogens with zero attached hydrogens (tertiary/aromatic N) is 5. The van der Waals surface area contributed by atoms with Crippen molar-refractivity contribution in [2.24, 2.45) is 0 Å². The van der Waals surface area contributed by atoms with Crippen LogP contribution in [0.3, 0.4) is 0 Å². The van der Waals surface area contributed by atoms with E-state index in [9.17, 15) is 4.79 Å². The lowest BCUT2D eigenvalue weighted by Crippen LogP contribution is -2.23. The van der Waals surface area contributed by atoms with E-state index in [1.165, 1.54) is 6.33 Å². The summed E-state index contributed by atoms with van der Waals surface area (Å²) in [6, 6.07) is 11.1. The van der Waals surface area contributed by atoms with Crippen LogP contribution in [0.15, 0.2) is 59.6 Å². The number of hydrogen-bond donors (Lipinski definition) is 1. The van der Waals surface area contributed by atoms with Gasteiger partial charge in [0, 0.05) is 24.5 Å². The molecule has 0 aliphatic carbocycles. The predicted molar refractivity (Wildman–Crippen MR) is 104 cm³/mol. The second-order valence-corrected chi connectivity index (χ2v) is 6.21. The fourth-order valence-corrected chi connectivity index (χ4v) is 2.76. The molecule has 0 unspecified atom stereocenters. The maximum Gasteiger partial charge on any atom is 0.271 e. The van der Waals surface area contributed by atoms with Crippen molar-refractivity contribution in [3.8, 4) is 23.0 Å². The molecule has 0 saturated heterocycles. The number of aryl methyl sites for hydroxylation is 1. The Labute approximate surface area is 166 Å². The first-order chi connectivity index (χ1) is 14.1. The number of amides is 1. The Hall–Kier alpha value is -4.01. The molecule has 9 nitrogen and oxygen atoms in total. The van der Waals surface area contributed by atoms with Gasteiger partial charge in [-0.3, -0.25) is 9.36 Å². The second-order valence-electron chi connectivity index (χ2n) is 6.21. The lowest BCUT2D eigenvalue weighted by molar-refractivity contribution is 0.0946. The Bertz CT molecular complexity index is 1130. The Morgan fingerprint density at radius 1 is 1.21 bits per heavy atom. The number of methoxy groups -OCH3 is 1. The van der Waals surface area contributed by atoms with Crippen LogP contribution in [0.2, 0.25) is 0 Å². The average molecular weight is 390 g/mol. The summed E-state index contributed by atoms with van der Waals surface area (Å²) < 4.78 is 12.1. The third-order valence-corrected chi connectivity index (χ3v) is 4.23. The van der Waals surface area contributed by atoms with Gasteiger partial charge >= 0.3 is 0 Å². The van der Waals surface area contributed by atoms with Gasteiger partial charge < -0.3 is 14.6 Å². The first kappa shape index (κ1) is 18.4. The van der Waals surface area contributed by atoms with Crippen molar-refractivity contribution in [3.05, 3.63) is 72.2 Å². The van der Waals surface area contributed by atoms with Crippen LogP contribution < -0.4 is 10.1 Å². The highest BCUT2D eigenvalue weighted by molar-refractivity contribution is 5.92. The molecule has 146 valence electrons. The smallest absolute Gasteiger partial charge is 0.271 e. The Balaban J connectivity index is 1.44. The third-order valence-electron chi connectivity index (χ3n) is 4.23. The highest BCUT2D eigenvalue weighted by Crippen LogP contribution is 2.18. The van der Waals surface area contributed by atoms with E-state index in [4.69, 9.17) is 9.26 Å². The van der Waals surface area contributed by atoms with Crippen molar-refractivity contribution in [2.75, 3.05) is 7.11 Å². The molecule has 3 aromatic heterocycles. The van der Waals surface area contributed by atoms with Gasteiger partial charge in [-0.05, 0) is 25.1 Å². The van der Waals surface area contributed by atoms with Gasteiger partial charge in [-0.25, -0.2) is 9.97 Å². The number of hydrogen-bond acceptors (Lipinski definition) is 7. The highest BCUT2D eigenvalue weighted by atomic mass is 16.5. The van der Waals surface area contributed by atoms with Crippen molar-refractivity contribution in [1.29, 1.82) is 0 Å². The third kappa shape index (κ3) is 3.98. The molecule has 9 heteroatoms. The molecule has 29 heavy (non-hydrogen) atoms. The zero-order valence-corrected chi connectivity index (χ0v) is 15.9.